The summed E-state index contributed by atoms with van der Waals surface area (Å²) in [5, 5.41) is 12.9. The van der Waals surface area contributed by atoms with Crippen molar-refractivity contribution in [2.24, 2.45) is 0 Å². The lowest BCUT2D eigenvalue weighted by Gasteiger charge is -2.14. The Morgan fingerprint density at radius 1 is 1.40 bits per heavy atom. The van der Waals surface area contributed by atoms with Crippen LogP contribution in [0.25, 0.3) is 0 Å². The predicted octanol–water partition coefficient (Wildman–Crippen LogP) is 4.90. The van der Waals surface area contributed by atoms with Crippen molar-refractivity contribution in [3.63, 3.8) is 0 Å². The summed E-state index contributed by atoms with van der Waals surface area (Å²) in [6.07, 6.45) is 1.22. The van der Waals surface area contributed by atoms with Crippen molar-refractivity contribution in [2.45, 2.75) is 6.92 Å². The van der Waals surface area contributed by atoms with E-state index in [1.165, 1.54) is 6.20 Å². The Labute approximate surface area is 133 Å². The van der Waals surface area contributed by atoms with Gasteiger partial charge in [0.05, 0.1) is 16.4 Å². The van der Waals surface area contributed by atoms with Gasteiger partial charge in [0.15, 0.2) is 0 Å². The molecule has 0 aliphatic carbocycles. The fourth-order valence-electron chi connectivity index (χ4n) is 1.64. The highest BCUT2D eigenvalue weighted by Gasteiger charge is 2.16. The van der Waals surface area contributed by atoms with Crippen molar-refractivity contribution < 1.29 is 9.90 Å². The average molecular weight is 376 g/mol. The fourth-order valence-corrected chi connectivity index (χ4v) is 2.50. The number of aromatic carboxylic acids is 1. The second kappa shape index (κ2) is 5.99. The number of nitrogens with one attached hydrogen (secondary N) is 1. The van der Waals surface area contributed by atoms with Gasteiger partial charge in [0, 0.05) is 16.2 Å². The maximum Gasteiger partial charge on any atom is 0.339 e. The summed E-state index contributed by atoms with van der Waals surface area (Å²) < 4.78 is 0.830. The number of carbonyl (C=O) groups is 1. The number of nitrogens with zero attached hydrogens (tertiary/aromatic N) is 1. The van der Waals surface area contributed by atoms with Crippen LogP contribution >= 0.6 is 39.1 Å². The molecule has 0 amide bonds. The largest absolute Gasteiger partial charge is 0.478 e. The van der Waals surface area contributed by atoms with E-state index in [9.17, 15) is 9.90 Å². The van der Waals surface area contributed by atoms with Crippen molar-refractivity contribution in [1.82, 2.24) is 4.98 Å². The number of halogens is 3. The summed E-state index contributed by atoms with van der Waals surface area (Å²) in [7, 11) is 0. The molecular weight excluding hydrogens is 367 g/mol. The van der Waals surface area contributed by atoms with Crippen LogP contribution in [0.15, 0.2) is 28.9 Å². The predicted molar refractivity (Wildman–Crippen MR) is 83.4 cm³/mol. The van der Waals surface area contributed by atoms with Crippen molar-refractivity contribution in [1.29, 1.82) is 0 Å². The van der Waals surface area contributed by atoms with Crippen LogP contribution in [-0.4, -0.2) is 16.1 Å². The number of benzene rings is 1. The van der Waals surface area contributed by atoms with E-state index in [4.69, 9.17) is 23.2 Å². The Balaban J connectivity index is 2.52. The van der Waals surface area contributed by atoms with E-state index in [0.29, 0.717) is 22.0 Å². The highest BCUT2D eigenvalue weighted by Crippen LogP contribution is 2.33. The van der Waals surface area contributed by atoms with Gasteiger partial charge in [0.25, 0.3) is 0 Å². The lowest BCUT2D eigenvalue weighted by atomic mass is 10.1. The maximum absolute atomic E-state index is 11.3. The number of anilines is 2. The average Bonchev–Trinajstić information content (AvgIpc) is 2.37. The molecule has 1 aromatic heterocycles. The Kier molecular flexibility index (Phi) is 4.52. The summed E-state index contributed by atoms with van der Waals surface area (Å²) in [6.45, 7) is 1.69. The van der Waals surface area contributed by atoms with Crippen molar-refractivity contribution >= 4 is 56.5 Å². The first-order valence-electron chi connectivity index (χ1n) is 5.50. The number of rotatable bonds is 3. The quantitative estimate of drug-likeness (QED) is 0.749. The maximum atomic E-state index is 11.3. The van der Waals surface area contributed by atoms with E-state index < -0.39 is 5.97 Å². The molecule has 2 rings (SSSR count). The molecule has 0 spiro atoms. The molecule has 0 aliphatic rings. The lowest BCUT2D eigenvalue weighted by Crippen LogP contribution is -2.06. The van der Waals surface area contributed by atoms with Crippen molar-refractivity contribution in [2.75, 3.05) is 5.32 Å². The van der Waals surface area contributed by atoms with Crippen LogP contribution in [0.2, 0.25) is 10.2 Å². The molecule has 0 aliphatic heterocycles. The van der Waals surface area contributed by atoms with E-state index in [2.05, 4.69) is 26.2 Å². The van der Waals surface area contributed by atoms with E-state index in [0.717, 1.165) is 4.47 Å². The smallest absolute Gasteiger partial charge is 0.339 e. The third-order valence-corrected chi connectivity index (χ3v) is 3.87. The molecule has 104 valence electrons. The molecular formula is C13H9BrCl2N2O2. The van der Waals surface area contributed by atoms with Gasteiger partial charge >= 0.3 is 5.97 Å². The zero-order valence-electron chi connectivity index (χ0n) is 10.2. The molecule has 0 saturated carbocycles. The highest BCUT2D eigenvalue weighted by molar-refractivity contribution is 9.10. The molecule has 0 bridgehead atoms. The third-order valence-electron chi connectivity index (χ3n) is 2.68. The molecule has 1 heterocycles. The molecule has 0 unspecified atom stereocenters. The Hall–Kier alpha value is -1.30. The number of hydrogen-bond donors (Lipinski definition) is 2. The van der Waals surface area contributed by atoms with Crippen LogP contribution in [0.5, 0.6) is 0 Å². The van der Waals surface area contributed by atoms with Crippen LogP contribution in [-0.2, 0) is 0 Å². The van der Waals surface area contributed by atoms with Gasteiger partial charge in [-0.15, -0.1) is 0 Å². The van der Waals surface area contributed by atoms with Gasteiger partial charge in [-0.25, -0.2) is 9.78 Å². The first-order chi connectivity index (χ1) is 9.40. The van der Waals surface area contributed by atoms with Crippen LogP contribution in [0, 0.1) is 6.92 Å². The minimum atomic E-state index is -1.09. The summed E-state index contributed by atoms with van der Waals surface area (Å²) >= 11 is 15.4. The Morgan fingerprint density at radius 3 is 2.70 bits per heavy atom. The van der Waals surface area contributed by atoms with Gasteiger partial charge in [0.1, 0.15) is 10.7 Å². The topological polar surface area (TPSA) is 62.2 Å². The molecule has 0 radical (unpaired) electrons. The van der Waals surface area contributed by atoms with E-state index >= 15 is 0 Å². The number of aromatic nitrogens is 1. The lowest BCUT2D eigenvalue weighted by molar-refractivity contribution is 0.0697. The van der Waals surface area contributed by atoms with E-state index in [1.807, 2.05) is 0 Å². The number of hydrogen-bond acceptors (Lipinski definition) is 3. The molecule has 0 fully saturated rings. The first-order valence-corrected chi connectivity index (χ1v) is 7.05. The second-order valence-electron chi connectivity index (χ2n) is 4.02. The van der Waals surface area contributed by atoms with Gasteiger partial charge in [-0.3, -0.25) is 0 Å². The summed E-state index contributed by atoms with van der Waals surface area (Å²) in [5.74, 6) is -1.09. The van der Waals surface area contributed by atoms with Crippen LogP contribution in [0.4, 0.5) is 11.4 Å². The Morgan fingerprint density at radius 2 is 2.10 bits per heavy atom. The molecule has 0 saturated heterocycles. The summed E-state index contributed by atoms with van der Waals surface area (Å²) in [4.78, 5) is 15.1. The van der Waals surface area contributed by atoms with Gasteiger partial charge in [-0.1, -0.05) is 39.1 Å². The number of carboxylic acid groups (broad SMARTS) is 1. The standard InChI is InChI=1S/C13H9BrCl2N2O2/c1-6-11(8(13(19)20)5-17-12(6)16)18-10-3-2-7(14)4-9(10)15/h2-5H,1H3,(H,17,18)(H,19,20). The van der Waals surface area contributed by atoms with E-state index in [1.54, 1.807) is 25.1 Å². The molecule has 2 N–H and O–H groups in total. The summed E-state index contributed by atoms with van der Waals surface area (Å²) in [6, 6.07) is 5.25. The van der Waals surface area contributed by atoms with Gasteiger partial charge < -0.3 is 10.4 Å². The molecule has 4 nitrogen and oxygen atoms in total. The molecule has 7 heteroatoms. The molecule has 2 aromatic rings. The molecule has 1 aromatic carbocycles. The minimum Gasteiger partial charge on any atom is -0.478 e. The SMILES string of the molecule is Cc1c(Cl)ncc(C(=O)O)c1Nc1ccc(Br)cc1Cl. The van der Waals surface area contributed by atoms with Gasteiger partial charge in [0.2, 0.25) is 0 Å². The monoisotopic (exact) mass is 374 g/mol. The van der Waals surface area contributed by atoms with E-state index in [-0.39, 0.29) is 10.7 Å². The zero-order chi connectivity index (χ0) is 14.9. The molecule has 0 atom stereocenters. The van der Waals surface area contributed by atoms with Crippen molar-refractivity contribution in [3.05, 3.63) is 50.2 Å². The number of pyridine rings is 1. The molecule has 20 heavy (non-hydrogen) atoms. The normalized spacial score (nSPS) is 10.4. The third kappa shape index (κ3) is 3.06. The van der Waals surface area contributed by atoms with Crippen LogP contribution in [0.1, 0.15) is 15.9 Å². The fraction of sp³-hybridized carbons (Fsp3) is 0.0769. The van der Waals surface area contributed by atoms with Gasteiger partial charge in [-0.2, -0.15) is 0 Å². The van der Waals surface area contributed by atoms with Crippen molar-refractivity contribution in [3.8, 4) is 0 Å². The van der Waals surface area contributed by atoms with Crippen LogP contribution in [0.3, 0.4) is 0 Å². The second-order valence-corrected chi connectivity index (χ2v) is 5.70. The Bertz CT molecular complexity index is 692. The van der Waals surface area contributed by atoms with Gasteiger partial charge in [-0.05, 0) is 25.1 Å². The zero-order valence-corrected chi connectivity index (χ0v) is 13.3. The number of carboxylic acids is 1. The summed E-state index contributed by atoms with van der Waals surface area (Å²) in [5.41, 5.74) is 1.54. The minimum absolute atomic E-state index is 0.0332. The first kappa shape index (κ1) is 15.1. The van der Waals surface area contributed by atoms with Crippen LogP contribution < -0.4 is 5.32 Å². The highest BCUT2D eigenvalue weighted by atomic mass is 79.9.